The number of aliphatic imine (C=N–C) groups is 2. The van der Waals surface area contributed by atoms with Crippen LogP contribution in [0.15, 0.2) is 40.3 Å². The number of hydrogen-bond donors (Lipinski definition) is 0. The van der Waals surface area contributed by atoms with Gasteiger partial charge in [-0.15, -0.1) is 0 Å². The molecule has 1 aromatic heterocycles. The predicted octanol–water partition coefficient (Wildman–Crippen LogP) is 8.83. The average molecular weight is 474 g/mol. The SMILES string of the molecule is CC(=Nc1c(C)cc(C)cc1C)c1cccc(C(C)=NC2CC(C(C)(C)C)CC(C(C)(C)C)C2)n1. The van der Waals surface area contributed by atoms with E-state index in [9.17, 15) is 0 Å². The molecule has 0 aliphatic heterocycles. The molecule has 35 heavy (non-hydrogen) atoms. The molecule has 0 radical (unpaired) electrons. The monoisotopic (exact) mass is 473 g/mol. The molecule has 2 aromatic rings. The van der Waals surface area contributed by atoms with Gasteiger partial charge in [0.05, 0.1) is 34.5 Å². The molecule has 0 saturated heterocycles. The van der Waals surface area contributed by atoms with Crippen molar-refractivity contribution >= 4 is 17.1 Å². The Kier molecular flexibility index (Phi) is 8.09. The summed E-state index contributed by atoms with van der Waals surface area (Å²) < 4.78 is 0. The highest BCUT2D eigenvalue weighted by Gasteiger charge is 2.39. The van der Waals surface area contributed by atoms with Crippen LogP contribution in [-0.2, 0) is 0 Å². The lowest BCUT2D eigenvalue weighted by molar-refractivity contribution is 0.0722. The van der Waals surface area contributed by atoms with Crippen molar-refractivity contribution in [1.82, 2.24) is 4.98 Å². The number of aromatic nitrogens is 1. The van der Waals surface area contributed by atoms with Gasteiger partial charge in [0, 0.05) is 0 Å². The second-order valence-electron chi connectivity index (χ2n) is 13.1. The second-order valence-corrected chi connectivity index (χ2v) is 13.1. The first-order chi connectivity index (χ1) is 16.1. The Morgan fingerprint density at radius 2 is 1.26 bits per heavy atom. The van der Waals surface area contributed by atoms with E-state index >= 15 is 0 Å². The fraction of sp³-hybridized carbons (Fsp3) is 0.594. The highest BCUT2D eigenvalue weighted by molar-refractivity contribution is 6.01. The van der Waals surface area contributed by atoms with Crippen LogP contribution >= 0.6 is 0 Å². The summed E-state index contributed by atoms with van der Waals surface area (Å²) in [6.45, 7) is 24.9. The zero-order valence-electron chi connectivity index (χ0n) is 24.1. The van der Waals surface area contributed by atoms with E-state index in [1.54, 1.807) is 0 Å². The summed E-state index contributed by atoms with van der Waals surface area (Å²) >= 11 is 0. The highest BCUT2D eigenvalue weighted by Crippen LogP contribution is 2.47. The predicted molar refractivity (Wildman–Crippen MR) is 153 cm³/mol. The molecular formula is C32H47N3. The molecule has 3 heteroatoms. The van der Waals surface area contributed by atoms with Crippen LogP contribution in [0.3, 0.4) is 0 Å². The minimum Gasteiger partial charge on any atom is -0.284 e. The van der Waals surface area contributed by atoms with Crippen molar-refractivity contribution in [2.75, 3.05) is 0 Å². The lowest BCUT2D eigenvalue weighted by Crippen LogP contribution is -2.38. The zero-order chi connectivity index (χ0) is 26.1. The summed E-state index contributed by atoms with van der Waals surface area (Å²) in [5.74, 6) is 1.38. The van der Waals surface area contributed by atoms with E-state index < -0.39 is 0 Å². The molecule has 190 valence electrons. The molecule has 2 unspecified atom stereocenters. The lowest BCUT2D eigenvalue weighted by atomic mass is 9.62. The van der Waals surface area contributed by atoms with Crippen molar-refractivity contribution in [2.45, 2.75) is 101 Å². The summed E-state index contributed by atoms with van der Waals surface area (Å²) in [6.07, 6.45) is 3.64. The molecule has 2 atom stereocenters. The van der Waals surface area contributed by atoms with Crippen LogP contribution in [0.5, 0.6) is 0 Å². The molecule has 1 heterocycles. The van der Waals surface area contributed by atoms with E-state index in [0.717, 1.165) is 28.5 Å². The molecule has 0 spiro atoms. The van der Waals surface area contributed by atoms with Gasteiger partial charge in [-0.2, -0.15) is 0 Å². The van der Waals surface area contributed by atoms with Crippen molar-refractivity contribution in [3.05, 3.63) is 58.4 Å². The van der Waals surface area contributed by atoms with Gasteiger partial charge < -0.3 is 0 Å². The summed E-state index contributed by atoms with van der Waals surface area (Å²) in [5.41, 5.74) is 9.20. The van der Waals surface area contributed by atoms with Crippen LogP contribution in [0.1, 0.15) is 103 Å². The quantitative estimate of drug-likeness (QED) is 0.409. The number of aryl methyl sites for hydroxylation is 3. The molecule has 0 N–H and O–H groups in total. The molecule has 3 nitrogen and oxygen atoms in total. The summed E-state index contributed by atoms with van der Waals surface area (Å²) in [6, 6.07) is 11.0. The van der Waals surface area contributed by atoms with E-state index in [1.165, 1.54) is 36.0 Å². The van der Waals surface area contributed by atoms with Crippen molar-refractivity contribution in [1.29, 1.82) is 0 Å². The fourth-order valence-electron chi connectivity index (χ4n) is 5.56. The zero-order valence-corrected chi connectivity index (χ0v) is 24.1. The fourth-order valence-corrected chi connectivity index (χ4v) is 5.56. The maximum atomic E-state index is 5.27. The van der Waals surface area contributed by atoms with Gasteiger partial charge >= 0.3 is 0 Å². The molecule has 1 aliphatic rings. The van der Waals surface area contributed by atoms with Crippen LogP contribution in [0.25, 0.3) is 0 Å². The first-order valence-corrected chi connectivity index (χ1v) is 13.3. The third kappa shape index (κ3) is 6.90. The standard InChI is InChI=1S/C32H47N3/c1-20-15-21(2)30(22(3)16-20)34-24(5)29-14-12-13-28(35-29)23(4)33-27-18-25(31(6,7)8)17-26(19-27)32(9,10)11/h12-16,25-27H,17-19H2,1-11H3. The Bertz CT molecular complexity index is 1060. The Balaban J connectivity index is 1.89. The van der Waals surface area contributed by atoms with Gasteiger partial charge in [-0.25, -0.2) is 4.98 Å². The van der Waals surface area contributed by atoms with Crippen LogP contribution in [0.2, 0.25) is 0 Å². The molecule has 1 aliphatic carbocycles. The minimum atomic E-state index is 0.309. The molecule has 1 aromatic carbocycles. The van der Waals surface area contributed by atoms with Gasteiger partial charge in [-0.05, 0) is 99.8 Å². The van der Waals surface area contributed by atoms with Crippen LogP contribution < -0.4 is 0 Å². The second kappa shape index (κ2) is 10.4. The van der Waals surface area contributed by atoms with Gasteiger partial charge in [-0.3, -0.25) is 9.98 Å². The Hall–Kier alpha value is -2.29. The van der Waals surface area contributed by atoms with E-state index in [4.69, 9.17) is 15.0 Å². The van der Waals surface area contributed by atoms with Crippen molar-refractivity contribution in [3.63, 3.8) is 0 Å². The van der Waals surface area contributed by atoms with Crippen LogP contribution in [0, 0.1) is 43.4 Å². The number of nitrogens with zero attached hydrogens (tertiary/aromatic N) is 3. The van der Waals surface area contributed by atoms with E-state index in [1.807, 2.05) is 0 Å². The lowest BCUT2D eigenvalue weighted by Gasteiger charge is -2.45. The molecule has 1 fully saturated rings. The first kappa shape index (κ1) is 27.3. The molecular weight excluding hydrogens is 426 g/mol. The Morgan fingerprint density at radius 3 is 1.74 bits per heavy atom. The molecule has 0 bridgehead atoms. The average Bonchev–Trinajstić information content (AvgIpc) is 2.74. The minimum absolute atomic E-state index is 0.309. The molecule has 3 rings (SSSR count). The van der Waals surface area contributed by atoms with Crippen molar-refractivity contribution in [3.8, 4) is 0 Å². The van der Waals surface area contributed by atoms with Gasteiger partial charge in [0.15, 0.2) is 0 Å². The smallest absolute Gasteiger partial charge is 0.0849 e. The largest absolute Gasteiger partial charge is 0.284 e. The molecule has 0 amide bonds. The van der Waals surface area contributed by atoms with Gasteiger partial charge in [0.1, 0.15) is 0 Å². The Labute approximate surface area is 214 Å². The number of hydrogen-bond acceptors (Lipinski definition) is 3. The molecule has 1 saturated carbocycles. The van der Waals surface area contributed by atoms with Gasteiger partial charge in [0.25, 0.3) is 0 Å². The highest BCUT2D eigenvalue weighted by atomic mass is 14.9. The third-order valence-corrected chi connectivity index (χ3v) is 7.91. The third-order valence-electron chi connectivity index (χ3n) is 7.91. The maximum Gasteiger partial charge on any atom is 0.0849 e. The summed E-state index contributed by atoms with van der Waals surface area (Å²) in [5, 5.41) is 0. The summed E-state index contributed by atoms with van der Waals surface area (Å²) in [7, 11) is 0. The number of pyridine rings is 1. The van der Waals surface area contributed by atoms with E-state index in [2.05, 4.69) is 106 Å². The number of rotatable bonds is 4. The van der Waals surface area contributed by atoms with Crippen LogP contribution in [-0.4, -0.2) is 22.4 Å². The van der Waals surface area contributed by atoms with Gasteiger partial charge in [0.2, 0.25) is 0 Å². The Morgan fingerprint density at radius 1 is 0.771 bits per heavy atom. The van der Waals surface area contributed by atoms with E-state index in [0.29, 0.717) is 28.7 Å². The normalized spacial score (nSPS) is 22.4. The maximum absolute atomic E-state index is 5.27. The van der Waals surface area contributed by atoms with Gasteiger partial charge in [-0.1, -0.05) is 65.3 Å². The van der Waals surface area contributed by atoms with Crippen molar-refractivity contribution in [2.24, 2.45) is 32.7 Å². The first-order valence-electron chi connectivity index (χ1n) is 13.3. The van der Waals surface area contributed by atoms with Crippen molar-refractivity contribution < 1.29 is 0 Å². The topological polar surface area (TPSA) is 37.6 Å². The number of benzene rings is 1. The summed E-state index contributed by atoms with van der Waals surface area (Å²) in [4.78, 5) is 15.2. The van der Waals surface area contributed by atoms with Crippen LogP contribution in [0.4, 0.5) is 5.69 Å². The van der Waals surface area contributed by atoms with E-state index in [-0.39, 0.29) is 0 Å².